The van der Waals surface area contributed by atoms with Crippen LogP contribution in [0.2, 0.25) is 0 Å². The smallest absolute Gasteiger partial charge is 0.410 e. The molecular formula is C41H44N12O8. The van der Waals surface area contributed by atoms with Gasteiger partial charge >= 0.3 is 6.09 Å². The molecule has 4 aliphatic heterocycles. The predicted molar refractivity (Wildman–Crippen MR) is 214 cm³/mol. The Morgan fingerprint density at radius 3 is 1.79 bits per heavy atom. The highest BCUT2D eigenvalue weighted by Gasteiger charge is 2.43. The second-order valence-corrected chi connectivity index (χ2v) is 14.9. The Balaban J connectivity index is 0.000000186. The Bertz CT molecular complexity index is 2580. The number of amides is 5. The summed E-state index contributed by atoms with van der Waals surface area (Å²) in [6.45, 7) is 4.69. The number of hydrogen-bond acceptors (Lipinski definition) is 13. The first-order chi connectivity index (χ1) is 29.1. The Labute approximate surface area is 349 Å². The van der Waals surface area contributed by atoms with Crippen LogP contribution in [-0.2, 0) is 40.3 Å². The van der Waals surface area contributed by atoms with Gasteiger partial charge in [-0.3, -0.25) is 19.2 Å². The summed E-state index contributed by atoms with van der Waals surface area (Å²) >= 11 is 0. The monoisotopic (exact) mass is 832 g/mol. The van der Waals surface area contributed by atoms with E-state index < -0.39 is 40.9 Å². The van der Waals surface area contributed by atoms with E-state index in [1.165, 1.54) is 25.6 Å². The zero-order valence-corrected chi connectivity index (χ0v) is 33.8. The predicted octanol–water partition coefficient (Wildman–Crippen LogP) is -1.22. The average molecular weight is 833 g/mol. The van der Waals surface area contributed by atoms with Crippen molar-refractivity contribution in [3.8, 4) is 35.3 Å². The number of rotatable bonds is 5. The van der Waals surface area contributed by atoms with E-state index in [0.29, 0.717) is 73.0 Å². The van der Waals surface area contributed by atoms with Crippen LogP contribution in [0.4, 0.5) is 4.79 Å². The molecule has 5 amide bonds. The van der Waals surface area contributed by atoms with Crippen molar-refractivity contribution in [2.75, 3.05) is 46.9 Å². The molecule has 8 heterocycles. The molecule has 0 radical (unpaired) electrons. The Hall–Kier alpha value is -7.13. The number of nitrogens with one attached hydrogen (secondary N) is 1. The number of hydrogen-bond donors (Lipinski definition) is 5. The second kappa shape index (κ2) is 16.9. The Morgan fingerprint density at radius 1 is 0.803 bits per heavy atom. The van der Waals surface area contributed by atoms with Crippen LogP contribution in [0, 0.1) is 23.7 Å². The van der Waals surface area contributed by atoms with Crippen molar-refractivity contribution in [2.45, 2.75) is 56.9 Å². The maximum absolute atomic E-state index is 12.1. The zero-order chi connectivity index (χ0) is 43.6. The SMILES string of the molecule is CCOC(=O)N1CCc2c(c(C(N)=O)nn2-c2cc(C#C[C@]3(O)CCN(C)C3=O)ccn2)C1.CN1CC[C@@](O)(C#Cc2ccnc(-n3nc(C(N)=O)c4c3CCNC4)c2)C1=O. The Kier molecular flexibility index (Phi) is 11.6. The molecular weight excluding hydrogens is 789 g/mol. The number of nitrogens with two attached hydrogens (primary N) is 2. The number of nitrogens with zero attached hydrogens (tertiary/aromatic N) is 9. The van der Waals surface area contributed by atoms with Crippen LogP contribution in [0.25, 0.3) is 11.6 Å². The van der Waals surface area contributed by atoms with E-state index in [1.807, 2.05) is 0 Å². The fraction of sp³-hybridized carbons (Fsp3) is 0.390. The molecule has 0 unspecified atom stereocenters. The summed E-state index contributed by atoms with van der Waals surface area (Å²) in [5.41, 5.74) is 12.0. The molecule has 4 aliphatic rings. The highest BCUT2D eigenvalue weighted by molar-refractivity contribution is 5.94. The maximum atomic E-state index is 12.1. The van der Waals surface area contributed by atoms with Crippen LogP contribution in [0.5, 0.6) is 0 Å². The molecule has 2 saturated heterocycles. The van der Waals surface area contributed by atoms with Crippen LogP contribution in [0.3, 0.4) is 0 Å². The van der Waals surface area contributed by atoms with E-state index in [4.69, 9.17) is 16.2 Å². The number of aliphatic hydroxyl groups is 2. The summed E-state index contributed by atoms with van der Waals surface area (Å²) in [6, 6.07) is 6.70. The molecule has 0 aliphatic carbocycles. The van der Waals surface area contributed by atoms with Gasteiger partial charge < -0.3 is 46.4 Å². The molecule has 0 saturated carbocycles. The van der Waals surface area contributed by atoms with E-state index in [1.54, 1.807) is 56.2 Å². The van der Waals surface area contributed by atoms with Crippen LogP contribution in [0.1, 0.15) is 74.4 Å². The normalized spacial score (nSPS) is 20.4. The first-order valence-electron chi connectivity index (χ1n) is 19.5. The standard InChI is InChI=1S/C22H24N6O5.C19H20N6O3/c1-3-33-21(31)27-10-6-16-15(13-27)18(19(23)29)25-28(16)17-12-14(5-9-24-17)4-7-22(32)8-11-26(2)20(22)30;1-24-9-6-19(28,18(24)27)5-2-12-3-8-22-15(10-12)25-14-4-7-21-11-13(14)16(23-25)17(20)26/h5,9,12,32H,3,6,8,10-11,13H2,1-2H3,(H2,23,29);3,8,10,21,28H,4,6-7,9,11H2,1H3,(H2,20,26)/t22-;19-/m00/s1. The lowest BCUT2D eigenvalue weighted by Crippen LogP contribution is -2.37. The number of aromatic nitrogens is 6. The number of carbonyl (C=O) groups excluding carboxylic acids is 5. The quantitative estimate of drug-likeness (QED) is 0.148. The van der Waals surface area contributed by atoms with Gasteiger partial charge in [0, 0.05) is 107 Å². The van der Waals surface area contributed by atoms with E-state index in [2.05, 4.69) is 49.2 Å². The molecule has 20 nitrogen and oxygen atoms in total. The third-order valence-corrected chi connectivity index (χ3v) is 10.8. The molecule has 4 aromatic rings. The molecule has 7 N–H and O–H groups in total. The van der Waals surface area contributed by atoms with Gasteiger partial charge in [0.25, 0.3) is 23.6 Å². The van der Waals surface area contributed by atoms with Crippen molar-refractivity contribution in [3.63, 3.8) is 0 Å². The van der Waals surface area contributed by atoms with Crippen LogP contribution in [-0.4, -0.2) is 142 Å². The molecule has 20 heteroatoms. The van der Waals surface area contributed by atoms with Gasteiger partial charge in [-0.2, -0.15) is 10.2 Å². The lowest BCUT2D eigenvalue weighted by molar-refractivity contribution is -0.138. The fourth-order valence-corrected chi connectivity index (χ4v) is 7.43. The molecule has 61 heavy (non-hydrogen) atoms. The third-order valence-electron chi connectivity index (χ3n) is 10.8. The van der Waals surface area contributed by atoms with Crippen molar-refractivity contribution in [1.82, 2.24) is 49.5 Å². The summed E-state index contributed by atoms with van der Waals surface area (Å²) in [7, 11) is 3.26. The summed E-state index contributed by atoms with van der Waals surface area (Å²) in [5, 5.41) is 32.9. The zero-order valence-electron chi connectivity index (χ0n) is 33.8. The number of primary amides is 2. The molecule has 0 bridgehead atoms. The van der Waals surface area contributed by atoms with Crippen LogP contribution >= 0.6 is 0 Å². The number of fused-ring (bicyclic) bond motifs is 2. The largest absolute Gasteiger partial charge is 0.450 e. The van der Waals surface area contributed by atoms with Crippen molar-refractivity contribution in [3.05, 3.63) is 81.7 Å². The van der Waals surface area contributed by atoms with Gasteiger partial charge in [-0.1, -0.05) is 23.7 Å². The number of ether oxygens (including phenoxy) is 1. The minimum atomic E-state index is -1.71. The highest BCUT2D eigenvalue weighted by atomic mass is 16.6. The van der Waals surface area contributed by atoms with E-state index >= 15 is 0 Å². The van der Waals surface area contributed by atoms with Gasteiger partial charge in [0.05, 0.1) is 24.5 Å². The maximum Gasteiger partial charge on any atom is 0.410 e. The number of likely N-dealkylation sites (N-methyl/N-ethyl adjacent to an activating group) is 2. The molecule has 2 fully saturated rings. The third kappa shape index (κ3) is 8.37. The van der Waals surface area contributed by atoms with Gasteiger partial charge in [-0.25, -0.2) is 24.1 Å². The molecule has 316 valence electrons. The first-order valence-corrected chi connectivity index (χ1v) is 19.5. The van der Waals surface area contributed by atoms with Crippen molar-refractivity contribution >= 4 is 29.7 Å². The van der Waals surface area contributed by atoms with Crippen LogP contribution < -0.4 is 16.8 Å². The minimum absolute atomic E-state index is 0.0613. The fourth-order valence-electron chi connectivity index (χ4n) is 7.43. The van der Waals surface area contributed by atoms with E-state index in [0.717, 1.165) is 17.8 Å². The number of carbonyl (C=O) groups is 5. The van der Waals surface area contributed by atoms with Crippen LogP contribution in [0.15, 0.2) is 36.7 Å². The van der Waals surface area contributed by atoms with Gasteiger partial charge in [0.15, 0.2) is 23.0 Å². The minimum Gasteiger partial charge on any atom is -0.450 e. The lowest BCUT2D eigenvalue weighted by Gasteiger charge is -2.26. The number of likely N-dealkylation sites (tertiary alicyclic amines) is 2. The van der Waals surface area contributed by atoms with Gasteiger partial charge in [-0.05, 0) is 31.2 Å². The summed E-state index contributed by atoms with van der Waals surface area (Å²) in [6.07, 6.45) is 4.25. The van der Waals surface area contributed by atoms with Gasteiger partial charge in [0.2, 0.25) is 11.2 Å². The Morgan fingerprint density at radius 2 is 1.31 bits per heavy atom. The van der Waals surface area contributed by atoms with Crippen molar-refractivity contribution in [2.24, 2.45) is 11.5 Å². The summed E-state index contributed by atoms with van der Waals surface area (Å²) in [4.78, 5) is 73.2. The van der Waals surface area contributed by atoms with Gasteiger partial charge in [0.1, 0.15) is 0 Å². The molecule has 4 aromatic heterocycles. The topological polar surface area (TPSA) is 270 Å². The molecule has 0 aromatic carbocycles. The molecule has 2 atom stereocenters. The van der Waals surface area contributed by atoms with Crippen molar-refractivity contribution in [1.29, 1.82) is 0 Å². The summed E-state index contributed by atoms with van der Waals surface area (Å²) < 4.78 is 8.20. The van der Waals surface area contributed by atoms with Gasteiger partial charge in [-0.15, -0.1) is 0 Å². The molecule has 0 spiro atoms. The molecule has 8 rings (SSSR count). The second-order valence-electron chi connectivity index (χ2n) is 14.9. The van der Waals surface area contributed by atoms with E-state index in [-0.39, 0.29) is 37.4 Å². The lowest BCUT2D eigenvalue weighted by atomic mass is 10.0. The first kappa shape index (κ1) is 42.0. The number of pyridine rings is 2. The van der Waals surface area contributed by atoms with Crippen molar-refractivity contribution < 1.29 is 38.9 Å². The summed E-state index contributed by atoms with van der Waals surface area (Å²) in [5.74, 6) is 9.86. The highest BCUT2D eigenvalue weighted by Crippen LogP contribution is 2.27. The van der Waals surface area contributed by atoms with E-state index in [9.17, 15) is 34.2 Å². The average Bonchev–Trinajstić information content (AvgIpc) is 3.99.